The molecule has 1 aromatic heterocycles. The largest absolute Gasteiger partial charge is 0.368 e. The molecule has 2 rings (SSSR count). The molecule has 0 aliphatic heterocycles. The van der Waals surface area contributed by atoms with E-state index in [2.05, 4.69) is 15.5 Å². The van der Waals surface area contributed by atoms with Crippen molar-refractivity contribution >= 4 is 0 Å². The summed E-state index contributed by atoms with van der Waals surface area (Å²) in [6.45, 7) is 6.55. The van der Waals surface area contributed by atoms with Crippen LogP contribution >= 0.6 is 0 Å². The van der Waals surface area contributed by atoms with Crippen LogP contribution in [0.15, 0.2) is 4.52 Å². The Bertz CT molecular complexity index is 423. The molecular formula is C15H27N3O2. The lowest BCUT2D eigenvalue weighted by atomic mass is 9.79. The van der Waals surface area contributed by atoms with Gasteiger partial charge in [0.15, 0.2) is 0 Å². The number of nitrogens with one attached hydrogen (secondary N) is 1. The summed E-state index contributed by atoms with van der Waals surface area (Å²) in [5.74, 6) is 1.35. The van der Waals surface area contributed by atoms with E-state index in [4.69, 9.17) is 9.26 Å². The second-order valence-corrected chi connectivity index (χ2v) is 6.22. The first-order chi connectivity index (χ1) is 9.51. The molecule has 1 aliphatic rings. The van der Waals surface area contributed by atoms with Crippen LogP contribution in [0.5, 0.6) is 0 Å². The third-order valence-corrected chi connectivity index (χ3v) is 4.34. The fourth-order valence-electron chi connectivity index (χ4n) is 3.03. The van der Waals surface area contributed by atoms with Gasteiger partial charge in [-0.05, 0) is 40.7 Å². The van der Waals surface area contributed by atoms with E-state index in [1.165, 1.54) is 32.1 Å². The summed E-state index contributed by atoms with van der Waals surface area (Å²) in [6.07, 6.45) is 7.03. The Morgan fingerprint density at radius 3 is 2.60 bits per heavy atom. The highest BCUT2D eigenvalue weighted by molar-refractivity contribution is 5.02. The van der Waals surface area contributed by atoms with Gasteiger partial charge in [-0.15, -0.1) is 0 Å². The van der Waals surface area contributed by atoms with Crippen LogP contribution in [-0.2, 0) is 16.8 Å². The minimum absolute atomic E-state index is 0.123. The van der Waals surface area contributed by atoms with Crippen molar-refractivity contribution in [2.75, 3.05) is 13.7 Å². The van der Waals surface area contributed by atoms with Gasteiger partial charge in [0.1, 0.15) is 5.60 Å². The van der Waals surface area contributed by atoms with E-state index in [1.54, 1.807) is 0 Å². The van der Waals surface area contributed by atoms with Gasteiger partial charge in [0.2, 0.25) is 11.7 Å². The minimum Gasteiger partial charge on any atom is -0.368 e. The van der Waals surface area contributed by atoms with Gasteiger partial charge in [0, 0.05) is 18.6 Å². The van der Waals surface area contributed by atoms with Gasteiger partial charge in [-0.1, -0.05) is 24.4 Å². The second kappa shape index (κ2) is 6.22. The quantitative estimate of drug-likeness (QED) is 0.869. The van der Waals surface area contributed by atoms with Crippen molar-refractivity contribution in [1.29, 1.82) is 0 Å². The molecule has 1 heterocycles. The van der Waals surface area contributed by atoms with E-state index in [0.717, 1.165) is 6.42 Å². The lowest BCUT2D eigenvalue weighted by Crippen LogP contribution is -2.46. The molecule has 0 spiro atoms. The summed E-state index contributed by atoms with van der Waals surface area (Å²) in [6, 6.07) is 0. The van der Waals surface area contributed by atoms with E-state index < -0.39 is 5.60 Å². The van der Waals surface area contributed by atoms with Gasteiger partial charge in [-0.25, -0.2) is 0 Å². The minimum atomic E-state index is -0.490. The fourth-order valence-corrected chi connectivity index (χ4v) is 3.03. The van der Waals surface area contributed by atoms with E-state index in [9.17, 15) is 0 Å². The molecule has 114 valence electrons. The topological polar surface area (TPSA) is 60.2 Å². The molecule has 5 nitrogen and oxygen atoms in total. The first-order valence-corrected chi connectivity index (χ1v) is 7.67. The maximum atomic E-state index is 5.67. The van der Waals surface area contributed by atoms with E-state index in [-0.39, 0.29) is 5.54 Å². The van der Waals surface area contributed by atoms with Crippen molar-refractivity contribution in [3.63, 3.8) is 0 Å². The standard InChI is InChI=1S/C15H27N3O2/c1-5-19-14(2,3)13-17-12(20-18-13)11-15(16-4)9-7-6-8-10-15/h16H,5-11H2,1-4H3. The normalized spacial score (nSPS) is 19.2. The van der Waals surface area contributed by atoms with Gasteiger partial charge in [-0.2, -0.15) is 4.98 Å². The lowest BCUT2D eigenvalue weighted by molar-refractivity contribution is -0.0221. The van der Waals surface area contributed by atoms with Crippen LogP contribution in [0.4, 0.5) is 0 Å². The van der Waals surface area contributed by atoms with Crippen LogP contribution in [0.2, 0.25) is 0 Å². The summed E-state index contributed by atoms with van der Waals surface area (Å²) in [7, 11) is 2.03. The Morgan fingerprint density at radius 1 is 1.30 bits per heavy atom. The molecule has 0 saturated heterocycles. The average molecular weight is 281 g/mol. The third-order valence-electron chi connectivity index (χ3n) is 4.34. The molecule has 5 heteroatoms. The number of hydrogen-bond acceptors (Lipinski definition) is 5. The first-order valence-electron chi connectivity index (χ1n) is 7.67. The zero-order chi connectivity index (χ0) is 14.6. The summed E-state index contributed by atoms with van der Waals surface area (Å²) in [5.41, 5.74) is -0.367. The zero-order valence-electron chi connectivity index (χ0n) is 13.2. The van der Waals surface area contributed by atoms with Gasteiger partial charge in [0.25, 0.3) is 0 Å². The number of nitrogens with zero attached hydrogens (tertiary/aromatic N) is 2. The van der Waals surface area contributed by atoms with Gasteiger partial charge >= 0.3 is 0 Å². The second-order valence-electron chi connectivity index (χ2n) is 6.22. The van der Waals surface area contributed by atoms with Crippen LogP contribution in [0.1, 0.15) is 64.6 Å². The first kappa shape index (κ1) is 15.4. The molecule has 0 amide bonds. The molecule has 1 N–H and O–H groups in total. The SMILES string of the molecule is CCOC(C)(C)c1noc(CC2(NC)CCCCC2)n1. The van der Waals surface area contributed by atoms with Crippen molar-refractivity contribution in [1.82, 2.24) is 15.5 Å². The summed E-state index contributed by atoms with van der Waals surface area (Å²) < 4.78 is 11.1. The molecule has 1 saturated carbocycles. The predicted molar refractivity (Wildman–Crippen MR) is 77.5 cm³/mol. The Morgan fingerprint density at radius 2 is 2.00 bits per heavy atom. The average Bonchev–Trinajstić information content (AvgIpc) is 2.89. The molecule has 0 aromatic carbocycles. The van der Waals surface area contributed by atoms with Crippen molar-refractivity contribution in [2.24, 2.45) is 0 Å². The van der Waals surface area contributed by atoms with Crippen molar-refractivity contribution < 1.29 is 9.26 Å². The number of aromatic nitrogens is 2. The molecule has 1 fully saturated rings. The van der Waals surface area contributed by atoms with Crippen molar-refractivity contribution in [3.8, 4) is 0 Å². The van der Waals surface area contributed by atoms with Crippen molar-refractivity contribution in [2.45, 2.75) is 70.4 Å². The summed E-state index contributed by atoms with van der Waals surface area (Å²) in [4.78, 5) is 4.54. The molecule has 1 aromatic rings. The fraction of sp³-hybridized carbons (Fsp3) is 0.867. The third kappa shape index (κ3) is 3.38. The van der Waals surface area contributed by atoms with Gasteiger partial charge in [-0.3, -0.25) is 0 Å². The summed E-state index contributed by atoms with van der Waals surface area (Å²) >= 11 is 0. The predicted octanol–water partition coefficient (Wildman–Crippen LogP) is 2.81. The van der Waals surface area contributed by atoms with Crippen LogP contribution in [0.25, 0.3) is 0 Å². The monoisotopic (exact) mass is 281 g/mol. The lowest BCUT2D eigenvalue weighted by Gasteiger charge is -2.36. The van der Waals surface area contributed by atoms with E-state index >= 15 is 0 Å². The Hall–Kier alpha value is -0.940. The zero-order valence-corrected chi connectivity index (χ0v) is 13.2. The maximum Gasteiger partial charge on any atom is 0.228 e. The van der Waals surface area contributed by atoms with Crippen LogP contribution < -0.4 is 5.32 Å². The highest BCUT2D eigenvalue weighted by atomic mass is 16.5. The maximum absolute atomic E-state index is 5.67. The molecule has 0 bridgehead atoms. The smallest absolute Gasteiger partial charge is 0.228 e. The molecule has 20 heavy (non-hydrogen) atoms. The molecule has 0 atom stereocenters. The Balaban J connectivity index is 2.08. The molecule has 0 radical (unpaired) electrons. The Labute approximate surface area is 121 Å². The van der Waals surface area contributed by atoms with E-state index in [1.807, 2.05) is 27.8 Å². The van der Waals surface area contributed by atoms with Crippen LogP contribution in [0, 0.1) is 0 Å². The number of likely N-dealkylation sites (N-methyl/N-ethyl adjacent to an activating group) is 1. The van der Waals surface area contributed by atoms with Gasteiger partial charge in [0.05, 0.1) is 0 Å². The molecular weight excluding hydrogens is 254 g/mol. The highest BCUT2D eigenvalue weighted by Crippen LogP contribution is 2.31. The number of rotatable bonds is 6. The number of hydrogen-bond donors (Lipinski definition) is 1. The van der Waals surface area contributed by atoms with E-state index in [0.29, 0.717) is 18.3 Å². The molecule has 0 unspecified atom stereocenters. The van der Waals surface area contributed by atoms with Crippen LogP contribution in [0.3, 0.4) is 0 Å². The van der Waals surface area contributed by atoms with Crippen LogP contribution in [-0.4, -0.2) is 29.3 Å². The molecule has 1 aliphatic carbocycles. The highest BCUT2D eigenvalue weighted by Gasteiger charge is 2.34. The number of ether oxygens (including phenoxy) is 1. The van der Waals surface area contributed by atoms with Crippen molar-refractivity contribution in [3.05, 3.63) is 11.7 Å². The van der Waals surface area contributed by atoms with Gasteiger partial charge < -0.3 is 14.6 Å². The summed E-state index contributed by atoms with van der Waals surface area (Å²) in [5, 5.41) is 7.58. The Kier molecular flexibility index (Phi) is 4.81.